The fourth-order valence-corrected chi connectivity index (χ4v) is 3.27. The molecule has 0 heterocycles. The maximum absolute atomic E-state index is 6.25. The first kappa shape index (κ1) is 9.59. The Morgan fingerprint density at radius 1 is 1.27 bits per heavy atom. The number of halogens is 1. The lowest BCUT2D eigenvalue weighted by molar-refractivity contribution is 0.528. The Labute approximate surface area is 76.0 Å². The monoisotopic (exact) mass is 190 g/mol. The number of rotatable bonds is 3. The molecule has 1 saturated carbocycles. The van der Waals surface area contributed by atoms with Crippen LogP contribution in [0.25, 0.3) is 0 Å². The Kier molecular flexibility index (Phi) is 3.44. The standard InChI is InChI=1S/C9H19ClSi/c1-11(2,10)8-7-9-5-3-4-6-9/h9H,3-8H2,1-2H3. The molecule has 0 saturated heterocycles. The Balaban J connectivity index is 2.11. The quantitative estimate of drug-likeness (QED) is 0.466. The van der Waals surface area contributed by atoms with Gasteiger partial charge >= 0.3 is 0 Å². The molecule has 0 aromatic heterocycles. The fourth-order valence-electron chi connectivity index (χ4n) is 1.85. The van der Waals surface area contributed by atoms with Gasteiger partial charge in [0, 0.05) is 0 Å². The summed E-state index contributed by atoms with van der Waals surface area (Å²) in [4.78, 5) is 0. The zero-order valence-electron chi connectivity index (χ0n) is 7.70. The van der Waals surface area contributed by atoms with Gasteiger partial charge in [0.1, 0.15) is 0 Å². The Morgan fingerprint density at radius 3 is 2.27 bits per heavy atom. The second kappa shape index (κ2) is 3.95. The van der Waals surface area contributed by atoms with Gasteiger partial charge in [-0.15, -0.1) is 0 Å². The molecule has 0 amide bonds. The van der Waals surface area contributed by atoms with Crippen molar-refractivity contribution in [2.24, 2.45) is 5.92 Å². The third kappa shape index (κ3) is 4.17. The van der Waals surface area contributed by atoms with Crippen LogP contribution in [0.1, 0.15) is 32.1 Å². The maximum atomic E-state index is 6.25. The van der Waals surface area contributed by atoms with Gasteiger partial charge in [-0.25, -0.2) is 0 Å². The van der Waals surface area contributed by atoms with Crippen molar-refractivity contribution in [3.63, 3.8) is 0 Å². The summed E-state index contributed by atoms with van der Waals surface area (Å²) in [5, 5.41) is 0. The summed E-state index contributed by atoms with van der Waals surface area (Å²) in [7, 11) is -1.25. The molecule has 2 heteroatoms. The molecule has 0 unspecified atom stereocenters. The summed E-state index contributed by atoms with van der Waals surface area (Å²) in [5.74, 6) is 1.03. The van der Waals surface area contributed by atoms with Crippen LogP contribution in [-0.4, -0.2) is 7.38 Å². The van der Waals surface area contributed by atoms with Crippen LogP contribution in [0.2, 0.25) is 19.1 Å². The van der Waals surface area contributed by atoms with Crippen molar-refractivity contribution in [3.05, 3.63) is 0 Å². The van der Waals surface area contributed by atoms with Crippen LogP contribution in [0.4, 0.5) is 0 Å². The average Bonchev–Trinajstić information content (AvgIpc) is 2.32. The predicted octanol–water partition coefficient (Wildman–Crippen LogP) is 4.01. The third-order valence-corrected chi connectivity index (χ3v) is 4.67. The molecule has 0 aliphatic heterocycles. The van der Waals surface area contributed by atoms with E-state index >= 15 is 0 Å². The minimum absolute atomic E-state index is 1.03. The van der Waals surface area contributed by atoms with Gasteiger partial charge in [0.25, 0.3) is 0 Å². The van der Waals surface area contributed by atoms with Crippen LogP contribution in [-0.2, 0) is 0 Å². The van der Waals surface area contributed by atoms with Gasteiger partial charge in [-0.05, 0) is 12.0 Å². The molecule has 0 aromatic carbocycles. The molecule has 0 nitrogen and oxygen atoms in total. The lowest BCUT2D eigenvalue weighted by Gasteiger charge is -2.15. The minimum atomic E-state index is -1.25. The molecule has 0 spiro atoms. The minimum Gasteiger partial charge on any atom is -0.168 e. The van der Waals surface area contributed by atoms with Gasteiger partial charge in [-0.1, -0.05) is 45.2 Å². The van der Waals surface area contributed by atoms with E-state index in [4.69, 9.17) is 11.1 Å². The van der Waals surface area contributed by atoms with Gasteiger partial charge < -0.3 is 0 Å². The molecule has 0 aromatic rings. The largest absolute Gasteiger partial charge is 0.168 e. The highest BCUT2D eigenvalue weighted by Gasteiger charge is 2.21. The molecule has 0 N–H and O–H groups in total. The Morgan fingerprint density at radius 2 is 1.82 bits per heavy atom. The van der Waals surface area contributed by atoms with Crippen molar-refractivity contribution in [1.29, 1.82) is 0 Å². The second-order valence-corrected chi connectivity index (χ2v) is 11.4. The lowest BCUT2D eigenvalue weighted by Crippen LogP contribution is -2.16. The molecule has 1 rings (SSSR count). The molecule has 0 atom stereocenters. The normalized spacial score (nSPS) is 21.0. The van der Waals surface area contributed by atoms with E-state index in [1.807, 2.05) is 0 Å². The molecule has 0 radical (unpaired) electrons. The summed E-state index contributed by atoms with van der Waals surface area (Å²) in [6.07, 6.45) is 7.29. The third-order valence-electron chi connectivity index (χ3n) is 2.62. The van der Waals surface area contributed by atoms with Gasteiger partial charge in [0.2, 0.25) is 0 Å². The topological polar surface area (TPSA) is 0 Å². The van der Waals surface area contributed by atoms with Gasteiger partial charge in [-0.2, -0.15) is 11.1 Å². The highest BCUT2D eigenvalue weighted by Crippen LogP contribution is 2.31. The summed E-state index contributed by atoms with van der Waals surface area (Å²) in [6, 6.07) is 1.32. The maximum Gasteiger partial charge on any atom is 0.150 e. The smallest absolute Gasteiger partial charge is 0.150 e. The predicted molar refractivity (Wildman–Crippen MR) is 54.7 cm³/mol. The van der Waals surface area contributed by atoms with Crippen LogP contribution in [0, 0.1) is 5.92 Å². The summed E-state index contributed by atoms with van der Waals surface area (Å²) >= 11 is 6.25. The van der Waals surface area contributed by atoms with Crippen molar-refractivity contribution < 1.29 is 0 Å². The van der Waals surface area contributed by atoms with Crippen molar-refractivity contribution in [2.75, 3.05) is 0 Å². The van der Waals surface area contributed by atoms with Crippen molar-refractivity contribution in [2.45, 2.75) is 51.2 Å². The zero-order valence-corrected chi connectivity index (χ0v) is 9.45. The fraction of sp³-hybridized carbons (Fsp3) is 1.00. The van der Waals surface area contributed by atoms with Crippen molar-refractivity contribution in [1.82, 2.24) is 0 Å². The van der Waals surface area contributed by atoms with Crippen molar-refractivity contribution in [3.8, 4) is 0 Å². The van der Waals surface area contributed by atoms with Crippen LogP contribution in [0.5, 0.6) is 0 Å². The highest BCUT2D eigenvalue weighted by molar-refractivity contribution is 7.19. The number of hydrogen-bond acceptors (Lipinski definition) is 0. The molecule has 11 heavy (non-hydrogen) atoms. The van der Waals surface area contributed by atoms with Crippen LogP contribution in [0.15, 0.2) is 0 Å². The van der Waals surface area contributed by atoms with Gasteiger partial charge in [0.05, 0.1) is 0 Å². The summed E-state index contributed by atoms with van der Waals surface area (Å²) in [6.45, 7) is 4.51. The van der Waals surface area contributed by atoms with Crippen molar-refractivity contribution >= 4 is 18.5 Å². The lowest BCUT2D eigenvalue weighted by atomic mass is 10.1. The first-order chi connectivity index (χ1) is 5.08. The van der Waals surface area contributed by atoms with E-state index in [1.54, 1.807) is 0 Å². The molecular formula is C9H19ClSi. The van der Waals surface area contributed by atoms with Crippen LogP contribution in [0.3, 0.4) is 0 Å². The molecule has 1 fully saturated rings. The Bertz CT molecular complexity index is 111. The van der Waals surface area contributed by atoms with E-state index < -0.39 is 7.38 Å². The van der Waals surface area contributed by atoms with E-state index in [1.165, 1.54) is 38.1 Å². The van der Waals surface area contributed by atoms with Crippen LogP contribution >= 0.6 is 11.1 Å². The molecule has 0 bridgehead atoms. The average molecular weight is 191 g/mol. The first-order valence-corrected chi connectivity index (χ1v) is 8.99. The molecule has 1 aliphatic rings. The Hall–Kier alpha value is 0.507. The van der Waals surface area contributed by atoms with E-state index in [9.17, 15) is 0 Å². The first-order valence-electron chi connectivity index (χ1n) is 4.77. The zero-order chi connectivity index (χ0) is 8.32. The SMILES string of the molecule is C[Si](C)(Cl)CCC1CCCC1. The molecular weight excluding hydrogens is 172 g/mol. The molecule has 66 valence electrons. The van der Waals surface area contributed by atoms with E-state index in [2.05, 4.69) is 13.1 Å². The van der Waals surface area contributed by atoms with E-state index in [0.29, 0.717) is 0 Å². The van der Waals surface area contributed by atoms with E-state index in [0.717, 1.165) is 5.92 Å². The van der Waals surface area contributed by atoms with Gasteiger partial charge in [0.15, 0.2) is 7.38 Å². The van der Waals surface area contributed by atoms with Gasteiger partial charge in [-0.3, -0.25) is 0 Å². The van der Waals surface area contributed by atoms with Crippen LogP contribution < -0.4 is 0 Å². The molecule has 1 aliphatic carbocycles. The van der Waals surface area contributed by atoms with E-state index in [-0.39, 0.29) is 0 Å². The second-order valence-electron chi connectivity index (χ2n) is 4.41. The highest BCUT2D eigenvalue weighted by atomic mass is 35.6. The summed E-state index contributed by atoms with van der Waals surface area (Å²) < 4.78 is 0. The number of hydrogen-bond donors (Lipinski definition) is 0. The summed E-state index contributed by atoms with van der Waals surface area (Å²) in [5.41, 5.74) is 0.